The molecular weight excluding hydrogens is 200 g/mol. The van der Waals surface area contributed by atoms with E-state index < -0.39 is 0 Å². The number of carbonyl (C=O) groups excluding carboxylic acids is 1. The zero-order valence-corrected chi connectivity index (χ0v) is 7.88. The Hall–Kier alpha value is 0.500. The molecule has 1 atom stereocenters. The lowest BCUT2D eigenvalue weighted by Gasteiger charge is -2.11. The Labute approximate surface area is 67.7 Å². The van der Waals surface area contributed by atoms with Crippen molar-refractivity contribution in [1.29, 1.82) is 0 Å². The molecule has 0 aromatic heterocycles. The van der Waals surface area contributed by atoms with E-state index in [2.05, 4.69) is 29.8 Å². The van der Waals surface area contributed by atoms with E-state index >= 15 is 0 Å². The van der Waals surface area contributed by atoms with Crippen molar-refractivity contribution in [3.8, 4) is 0 Å². The van der Waals surface area contributed by atoms with Crippen LogP contribution in [0, 0.1) is 0 Å². The normalized spacial score (nSPS) is 33.2. The van der Waals surface area contributed by atoms with Gasteiger partial charge in [-0.05, 0) is 6.42 Å². The van der Waals surface area contributed by atoms with Crippen LogP contribution < -0.4 is 0 Å². The van der Waals surface area contributed by atoms with Gasteiger partial charge in [-0.25, -0.2) is 0 Å². The van der Waals surface area contributed by atoms with Gasteiger partial charge >= 0.3 is 0 Å². The Morgan fingerprint density at radius 1 is 1.78 bits per heavy atom. The first-order valence-electron chi connectivity index (χ1n) is 2.88. The molecule has 0 spiro atoms. The zero-order chi connectivity index (χ0) is 7.07. The average molecular weight is 209 g/mol. The lowest BCUT2D eigenvalue weighted by atomic mass is 10.1. The maximum atomic E-state index is 10.9. The van der Waals surface area contributed by atoms with Crippen molar-refractivity contribution < 1.29 is 4.79 Å². The maximum absolute atomic E-state index is 10.9. The van der Waals surface area contributed by atoms with E-state index in [9.17, 15) is 4.79 Å². The minimum Gasteiger partial charge on any atom is -0.286 e. The molecule has 1 fully saturated rings. The molecule has 1 nitrogen and oxygen atoms in total. The van der Waals surface area contributed by atoms with Gasteiger partial charge in [0.25, 0.3) is 0 Å². The first kappa shape index (κ1) is 7.61. The van der Waals surface area contributed by atoms with Crippen molar-refractivity contribution in [2.24, 2.45) is 0 Å². The van der Waals surface area contributed by atoms with E-state index in [4.69, 9.17) is 0 Å². The summed E-state index contributed by atoms with van der Waals surface area (Å²) < 4.78 is 0.158. The highest BCUT2D eigenvalue weighted by Crippen LogP contribution is 2.41. The van der Waals surface area contributed by atoms with Crippen LogP contribution in [0.25, 0.3) is 0 Å². The fourth-order valence-corrected chi connectivity index (χ4v) is 3.20. The molecule has 0 bridgehead atoms. The van der Waals surface area contributed by atoms with Crippen LogP contribution in [0.3, 0.4) is 0 Å². The molecule has 0 aromatic carbocycles. The maximum Gasteiger partial charge on any atom is 0.203 e. The summed E-state index contributed by atoms with van der Waals surface area (Å²) >= 11 is 4.75. The van der Waals surface area contributed by atoms with Gasteiger partial charge in [-0.15, -0.1) is 0 Å². The van der Waals surface area contributed by atoms with E-state index in [1.165, 1.54) is 11.8 Å². The van der Waals surface area contributed by atoms with Crippen LogP contribution >= 0.6 is 27.7 Å². The smallest absolute Gasteiger partial charge is 0.203 e. The second-order valence-corrected chi connectivity index (χ2v) is 5.67. The molecule has 1 rings (SSSR count). The second kappa shape index (κ2) is 2.27. The molecule has 1 unspecified atom stereocenters. The first-order chi connectivity index (χ1) is 4.01. The summed E-state index contributed by atoms with van der Waals surface area (Å²) in [6, 6.07) is 0. The van der Waals surface area contributed by atoms with Crippen molar-refractivity contribution >= 4 is 32.8 Å². The Balaban J connectivity index is 2.65. The van der Waals surface area contributed by atoms with E-state index in [0.717, 1.165) is 6.42 Å². The van der Waals surface area contributed by atoms with Crippen molar-refractivity contribution in [2.45, 2.75) is 29.8 Å². The Morgan fingerprint density at radius 2 is 2.33 bits per heavy atom. The lowest BCUT2D eigenvalue weighted by molar-refractivity contribution is -0.110. The zero-order valence-electron chi connectivity index (χ0n) is 5.48. The molecular formula is C6H9BrOS. The lowest BCUT2D eigenvalue weighted by Crippen LogP contribution is -2.09. The van der Waals surface area contributed by atoms with E-state index in [1.807, 2.05) is 0 Å². The summed E-state index contributed by atoms with van der Waals surface area (Å²) in [7, 11) is 0. The van der Waals surface area contributed by atoms with Gasteiger partial charge in [-0.3, -0.25) is 4.79 Å². The largest absolute Gasteiger partial charge is 0.286 e. The average Bonchev–Trinajstić information content (AvgIpc) is 1.79. The van der Waals surface area contributed by atoms with Crippen LogP contribution in [0.15, 0.2) is 0 Å². The molecule has 0 aliphatic carbocycles. The topological polar surface area (TPSA) is 17.1 Å². The van der Waals surface area contributed by atoms with Crippen molar-refractivity contribution in [1.82, 2.24) is 0 Å². The van der Waals surface area contributed by atoms with Crippen LogP contribution in [-0.4, -0.2) is 14.7 Å². The third-order valence-corrected chi connectivity index (χ3v) is 3.55. The third kappa shape index (κ3) is 1.71. The predicted molar refractivity (Wildman–Crippen MR) is 44.0 cm³/mol. The van der Waals surface area contributed by atoms with Crippen molar-refractivity contribution in [3.05, 3.63) is 0 Å². The van der Waals surface area contributed by atoms with Crippen LogP contribution in [0.1, 0.15) is 20.3 Å². The van der Waals surface area contributed by atoms with Gasteiger partial charge in [-0.2, -0.15) is 0 Å². The third-order valence-electron chi connectivity index (χ3n) is 1.30. The number of rotatable bonds is 0. The minimum atomic E-state index is 0.0949. The van der Waals surface area contributed by atoms with Crippen LogP contribution in [0.4, 0.5) is 0 Å². The summed E-state index contributed by atoms with van der Waals surface area (Å²) in [5.74, 6) is 0. The molecule has 0 amide bonds. The summed E-state index contributed by atoms with van der Waals surface area (Å²) in [5, 5.41) is 0.278. The molecule has 1 aliphatic heterocycles. The summed E-state index contributed by atoms with van der Waals surface area (Å²) in [4.78, 5) is 11.0. The number of carbonyl (C=O) groups is 1. The standard InChI is InChI=1S/C6H9BrOS/c1-6(2)3-4(7)5(8)9-6/h4H,3H2,1-2H3. The van der Waals surface area contributed by atoms with Gasteiger partial charge < -0.3 is 0 Å². The Bertz CT molecular complexity index is 144. The van der Waals surface area contributed by atoms with Crippen LogP contribution in [0.5, 0.6) is 0 Å². The van der Waals surface area contributed by atoms with E-state index in [-0.39, 0.29) is 14.7 Å². The fourth-order valence-electron chi connectivity index (χ4n) is 0.893. The van der Waals surface area contributed by atoms with Gasteiger partial charge in [-0.1, -0.05) is 41.5 Å². The number of halogens is 1. The molecule has 3 heteroatoms. The number of alkyl halides is 1. The molecule has 1 saturated heterocycles. The minimum absolute atomic E-state index is 0.0949. The summed E-state index contributed by atoms with van der Waals surface area (Å²) in [6.45, 7) is 4.19. The van der Waals surface area contributed by atoms with Crippen LogP contribution in [0.2, 0.25) is 0 Å². The fraction of sp³-hybridized carbons (Fsp3) is 0.833. The van der Waals surface area contributed by atoms with Gasteiger partial charge in [0, 0.05) is 4.75 Å². The first-order valence-corrected chi connectivity index (χ1v) is 4.61. The van der Waals surface area contributed by atoms with Crippen molar-refractivity contribution in [3.63, 3.8) is 0 Å². The molecule has 1 aliphatic rings. The predicted octanol–water partition coefficient (Wildman–Crippen LogP) is 2.19. The van der Waals surface area contributed by atoms with Gasteiger partial charge in [0.1, 0.15) is 0 Å². The van der Waals surface area contributed by atoms with E-state index in [0.29, 0.717) is 0 Å². The quantitative estimate of drug-likeness (QED) is 0.569. The second-order valence-electron chi connectivity index (χ2n) is 2.85. The molecule has 52 valence electrons. The molecule has 1 heterocycles. The highest BCUT2D eigenvalue weighted by atomic mass is 79.9. The van der Waals surface area contributed by atoms with Crippen LogP contribution in [-0.2, 0) is 4.79 Å². The Morgan fingerprint density at radius 3 is 2.44 bits per heavy atom. The van der Waals surface area contributed by atoms with Gasteiger partial charge in [0.15, 0.2) is 0 Å². The molecule has 9 heavy (non-hydrogen) atoms. The number of thioether (sulfide) groups is 1. The highest BCUT2D eigenvalue weighted by molar-refractivity contribution is 9.10. The van der Waals surface area contributed by atoms with Gasteiger partial charge in [0.05, 0.1) is 4.83 Å². The molecule has 0 aromatic rings. The van der Waals surface area contributed by atoms with Crippen molar-refractivity contribution in [2.75, 3.05) is 0 Å². The molecule has 0 saturated carbocycles. The van der Waals surface area contributed by atoms with E-state index in [1.54, 1.807) is 0 Å². The van der Waals surface area contributed by atoms with Gasteiger partial charge in [0.2, 0.25) is 5.12 Å². The molecule has 0 N–H and O–H groups in total. The number of hydrogen-bond acceptors (Lipinski definition) is 2. The number of hydrogen-bond donors (Lipinski definition) is 0. The highest BCUT2D eigenvalue weighted by Gasteiger charge is 2.37. The SMILES string of the molecule is CC1(C)CC(Br)C(=O)S1. The molecule has 0 radical (unpaired) electrons. The summed E-state index contributed by atoms with van der Waals surface area (Å²) in [6.07, 6.45) is 0.955. The summed E-state index contributed by atoms with van der Waals surface area (Å²) in [5.41, 5.74) is 0. The Kier molecular flexibility index (Phi) is 1.92. The monoisotopic (exact) mass is 208 g/mol.